The molecule has 2 aliphatic rings. The van der Waals surface area contributed by atoms with E-state index in [4.69, 9.17) is 35.3 Å². The van der Waals surface area contributed by atoms with Gasteiger partial charge in [-0.1, -0.05) is 23.4 Å². The van der Waals surface area contributed by atoms with Crippen molar-refractivity contribution in [1.29, 1.82) is 0 Å². The Morgan fingerprint density at radius 3 is 2.78 bits per heavy atom. The number of nitrogens with one attached hydrogen (secondary N) is 1. The number of halogens is 1. The van der Waals surface area contributed by atoms with Gasteiger partial charge in [0.1, 0.15) is 17.8 Å². The summed E-state index contributed by atoms with van der Waals surface area (Å²) in [4.78, 5) is 15.4. The number of pyridine rings is 1. The lowest BCUT2D eigenvalue weighted by Crippen LogP contribution is -2.37. The van der Waals surface area contributed by atoms with Crippen LogP contribution in [0.5, 0.6) is 23.0 Å². The molecule has 2 aromatic carbocycles. The van der Waals surface area contributed by atoms with E-state index in [1.165, 1.54) is 6.33 Å². The van der Waals surface area contributed by atoms with E-state index in [1.807, 2.05) is 24.3 Å². The fourth-order valence-corrected chi connectivity index (χ4v) is 4.91. The van der Waals surface area contributed by atoms with Crippen LogP contribution in [0.15, 0.2) is 49.1 Å². The molecule has 11 heteroatoms. The van der Waals surface area contributed by atoms with Crippen LogP contribution in [0.3, 0.4) is 0 Å². The molecule has 6 rings (SSSR count). The van der Waals surface area contributed by atoms with Gasteiger partial charge in [-0.25, -0.2) is 9.97 Å². The van der Waals surface area contributed by atoms with E-state index in [-0.39, 0.29) is 6.79 Å². The van der Waals surface area contributed by atoms with Gasteiger partial charge in [0.2, 0.25) is 6.79 Å². The topological polar surface area (TPSA) is 100 Å². The summed E-state index contributed by atoms with van der Waals surface area (Å²) in [5.41, 5.74) is 2.60. The molecule has 1 saturated heterocycles. The van der Waals surface area contributed by atoms with Crippen molar-refractivity contribution in [3.63, 3.8) is 0 Å². The molecule has 0 saturated carbocycles. The van der Waals surface area contributed by atoms with Crippen molar-refractivity contribution in [2.45, 2.75) is 6.42 Å². The zero-order chi connectivity index (χ0) is 28.0. The minimum atomic E-state index is 0.0521. The number of fused-ring (bicyclic) bond motifs is 2. The molecule has 1 fully saturated rings. The molecule has 0 unspecified atom stereocenters. The number of hydrogen-bond donors (Lipinski definition) is 1. The average Bonchev–Trinajstić information content (AvgIpc) is 3.51. The van der Waals surface area contributed by atoms with Crippen LogP contribution in [0.4, 0.5) is 11.5 Å². The lowest BCUT2D eigenvalue weighted by Gasteiger charge is -2.26. The van der Waals surface area contributed by atoms with E-state index < -0.39 is 0 Å². The Morgan fingerprint density at radius 2 is 1.95 bits per heavy atom. The van der Waals surface area contributed by atoms with Gasteiger partial charge in [-0.05, 0) is 30.7 Å². The first kappa shape index (κ1) is 26.9. The molecular formula is C30H28ClN5O5. The maximum Gasteiger partial charge on any atom is 0.231 e. The van der Waals surface area contributed by atoms with E-state index in [0.717, 1.165) is 50.2 Å². The third kappa shape index (κ3) is 6.07. The molecule has 4 aromatic rings. The first-order valence-electron chi connectivity index (χ1n) is 13.3. The molecule has 0 amide bonds. The molecule has 41 heavy (non-hydrogen) atoms. The van der Waals surface area contributed by atoms with Gasteiger partial charge in [-0.3, -0.25) is 9.88 Å². The number of methoxy groups -OCH3 is 1. The number of morpholine rings is 1. The number of nitrogens with zero attached hydrogens (tertiary/aromatic N) is 4. The van der Waals surface area contributed by atoms with Gasteiger partial charge in [0.05, 0.1) is 43.0 Å². The number of hydrogen-bond acceptors (Lipinski definition) is 10. The fraction of sp³-hybridized carbons (Fsp3) is 0.300. The first-order chi connectivity index (χ1) is 20.2. The van der Waals surface area contributed by atoms with Gasteiger partial charge in [0, 0.05) is 49.0 Å². The first-order valence-corrected chi connectivity index (χ1v) is 13.6. The normalized spacial score (nSPS) is 14.4. The number of rotatable bonds is 8. The Hall–Kier alpha value is -4.30. The van der Waals surface area contributed by atoms with Crippen LogP contribution in [-0.4, -0.2) is 73.2 Å². The second-order valence-corrected chi connectivity index (χ2v) is 9.77. The molecule has 0 spiro atoms. The molecule has 1 N–H and O–H groups in total. The third-order valence-electron chi connectivity index (χ3n) is 6.74. The van der Waals surface area contributed by atoms with Crippen molar-refractivity contribution in [3.8, 4) is 34.8 Å². The second kappa shape index (κ2) is 12.5. The van der Waals surface area contributed by atoms with E-state index >= 15 is 0 Å². The fourth-order valence-electron chi connectivity index (χ4n) is 4.67. The smallest absolute Gasteiger partial charge is 0.231 e. The lowest BCUT2D eigenvalue weighted by atomic mass is 10.1. The van der Waals surface area contributed by atoms with E-state index in [0.29, 0.717) is 57.2 Å². The Bertz CT molecular complexity index is 1600. The Balaban J connectivity index is 1.24. The monoisotopic (exact) mass is 573 g/mol. The van der Waals surface area contributed by atoms with Crippen molar-refractivity contribution >= 4 is 34.0 Å². The van der Waals surface area contributed by atoms with Gasteiger partial charge < -0.3 is 29.0 Å². The molecule has 0 radical (unpaired) electrons. The van der Waals surface area contributed by atoms with Gasteiger partial charge in [-0.15, -0.1) is 0 Å². The quantitative estimate of drug-likeness (QED) is 0.237. The van der Waals surface area contributed by atoms with E-state index in [2.05, 4.69) is 37.0 Å². The summed E-state index contributed by atoms with van der Waals surface area (Å²) in [6.07, 6.45) is 5.77. The molecule has 2 aliphatic heterocycles. The summed E-state index contributed by atoms with van der Waals surface area (Å²) in [6, 6.07) is 9.17. The summed E-state index contributed by atoms with van der Waals surface area (Å²) in [5, 5.41) is 4.45. The van der Waals surface area contributed by atoms with Crippen LogP contribution in [0.2, 0.25) is 5.02 Å². The highest BCUT2D eigenvalue weighted by molar-refractivity contribution is 6.34. The minimum absolute atomic E-state index is 0.0521. The molecule has 210 valence electrons. The highest BCUT2D eigenvalue weighted by atomic mass is 35.5. The van der Waals surface area contributed by atoms with Crippen molar-refractivity contribution < 1.29 is 23.7 Å². The molecule has 0 bridgehead atoms. The Kier molecular flexibility index (Phi) is 8.18. The molecule has 0 atom stereocenters. The zero-order valence-electron chi connectivity index (χ0n) is 22.5. The number of ether oxygens (including phenoxy) is 5. The van der Waals surface area contributed by atoms with Crippen LogP contribution in [0, 0.1) is 11.8 Å². The van der Waals surface area contributed by atoms with Gasteiger partial charge in [-0.2, -0.15) is 0 Å². The SMILES string of the molecule is COc1cc2c(Nc3c(Cl)cc(C#Cc4cccnc4)c4c3OCO4)ncnc2cc1OCCCN1CCOCC1. The largest absolute Gasteiger partial charge is 0.493 e. The van der Waals surface area contributed by atoms with Crippen molar-refractivity contribution in [2.24, 2.45) is 0 Å². The lowest BCUT2D eigenvalue weighted by molar-refractivity contribution is 0.0357. The minimum Gasteiger partial charge on any atom is -0.493 e. The molecule has 2 aromatic heterocycles. The van der Waals surface area contributed by atoms with Gasteiger partial charge in [0.25, 0.3) is 0 Å². The van der Waals surface area contributed by atoms with Crippen LogP contribution < -0.4 is 24.3 Å². The number of anilines is 2. The summed E-state index contributed by atoms with van der Waals surface area (Å²) >= 11 is 6.73. The van der Waals surface area contributed by atoms with Crippen LogP contribution in [0.25, 0.3) is 10.9 Å². The predicted octanol–water partition coefficient (Wildman–Crippen LogP) is 4.66. The maximum atomic E-state index is 6.73. The maximum absolute atomic E-state index is 6.73. The summed E-state index contributed by atoms with van der Waals surface area (Å²) in [5.74, 6) is 8.91. The Morgan fingerprint density at radius 1 is 1.07 bits per heavy atom. The van der Waals surface area contributed by atoms with Crippen LogP contribution in [0.1, 0.15) is 17.5 Å². The van der Waals surface area contributed by atoms with Gasteiger partial charge in [0.15, 0.2) is 23.0 Å². The second-order valence-electron chi connectivity index (χ2n) is 9.36. The zero-order valence-corrected chi connectivity index (χ0v) is 23.2. The molecule has 0 aliphatic carbocycles. The number of aromatic nitrogens is 3. The highest BCUT2D eigenvalue weighted by Crippen LogP contribution is 2.47. The van der Waals surface area contributed by atoms with Crippen molar-refractivity contribution in [1.82, 2.24) is 19.9 Å². The summed E-state index contributed by atoms with van der Waals surface area (Å²) < 4.78 is 28.7. The summed E-state index contributed by atoms with van der Waals surface area (Å²) in [6.45, 7) is 5.05. The molecular weight excluding hydrogens is 546 g/mol. The summed E-state index contributed by atoms with van der Waals surface area (Å²) in [7, 11) is 1.61. The van der Waals surface area contributed by atoms with Crippen LogP contribution >= 0.6 is 11.6 Å². The standard InChI is InChI=1S/C30H28ClN5O5/c1-37-25-15-22-24(16-26(25)39-11-3-8-36-9-12-38-13-10-36)33-18-34-30(22)35-27-23(31)14-21(28-29(27)41-19-40-28)6-5-20-4-2-7-32-17-20/h2,4,7,14-18H,3,8-13,19H2,1H3,(H,33,34,35). The average molecular weight is 574 g/mol. The molecule has 4 heterocycles. The van der Waals surface area contributed by atoms with E-state index in [9.17, 15) is 0 Å². The van der Waals surface area contributed by atoms with E-state index in [1.54, 1.807) is 25.6 Å². The third-order valence-corrected chi connectivity index (χ3v) is 7.04. The number of benzene rings is 2. The van der Waals surface area contributed by atoms with Gasteiger partial charge >= 0.3 is 0 Å². The van der Waals surface area contributed by atoms with Crippen LogP contribution in [-0.2, 0) is 4.74 Å². The molecule has 10 nitrogen and oxygen atoms in total. The Labute approximate surface area is 242 Å². The van der Waals surface area contributed by atoms with Crippen molar-refractivity contribution in [2.75, 3.05) is 58.7 Å². The van der Waals surface area contributed by atoms with Crippen molar-refractivity contribution in [3.05, 3.63) is 65.2 Å². The predicted molar refractivity (Wildman–Crippen MR) is 155 cm³/mol. The highest BCUT2D eigenvalue weighted by Gasteiger charge is 2.25.